The van der Waals surface area contributed by atoms with Gasteiger partial charge in [0.05, 0.1) is 23.9 Å². The van der Waals surface area contributed by atoms with Gasteiger partial charge < -0.3 is 15.4 Å². The van der Waals surface area contributed by atoms with Gasteiger partial charge >= 0.3 is 5.82 Å². The van der Waals surface area contributed by atoms with Gasteiger partial charge in [0, 0.05) is 44.6 Å². The number of nitrogens with one attached hydrogen (secondary N) is 1. The lowest BCUT2D eigenvalue weighted by molar-refractivity contribution is -0.389. The van der Waals surface area contributed by atoms with E-state index < -0.39 is 4.92 Å². The molecule has 3 heterocycles. The van der Waals surface area contributed by atoms with Crippen molar-refractivity contribution in [2.24, 2.45) is 0 Å². The van der Waals surface area contributed by atoms with Gasteiger partial charge in [-0.15, -0.1) is 12.4 Å². The maximum absolute atomic E-state index is 10.7. The van der Waals surface area contributed by atoms with Gasteiger partial charge in [0.2, 0.25) is 0 Å². The molecule has 9 heteroatoms. The summed E-state index contributed by atoms with van der Waals surface area (Å²) in [4.78, 5) is 16.7. The molecule has 2 aromatic rings. The summed E-state index contributed by atoms with van der Waals surface area (Å²) in [6.45, 7) is 4.18. The van der Waals surface area contributed by atoms with E-state index >= 15 is 0 Å². The summed E-state index contributed by atoms with van der Waals surface area (Å²) >= 11 is 0. The number of hydrogen-bond donors (Lipinski definition) is 1. The molecular formula is C14H19ClN6O2. The average Bonchev–Trinajstić information content (AvgIpc) is 3.03. The van der Waals surface area contributed by atoms with E-state index in [1.807, 2.05) is 12.3 Å². The number of nitro groups is 1. The van der Waals surface area contributed by atoms with Crippen molar-refractivity contribution in [3.63, 3.8) is 0 Å². The van der Waals surface area contributed by atoms with Crippen LogP contribution in [-0.2, 0) is 6.54 Å². The van der Waals surface area contributed by atoms with E-state index in [1.165, 1.54) is 11.6 Å². The SMILES string of the molecule is Cl.O=[N+]([O-])c1ccn(CCN2CCNCC2c2cccnc2)n1. The first kappa shape index (κ1) is 17.3. The third-order valence-corrected chi connectivity index (χ3v) is 3.85. The molecule has 1 aliphatic rings. The van der Waals surface area contributed by atoms with E-state index in [9.17, 15) is 10.1 Å². The molecule has 0 bridgehead atoms. The van der Waals surface area contributed by atoms with E-state index in [1.54, 1.807) is 17.1 Å². The van der Waals surface area contributed by atoms with Crippen molar-refractivity contribution in [2.75, 3.05) is 26.2 Å². The molecule has 1 saturated heterocycles. The van der Waals surface area contributed by atoms with Crippen LogP contribution in [0.15, 0.2) is 36.8 Å². The normalized spacial score (nSPS) is 18.3. The predicted octanol–water partition coefficient (Wildman–Crippen LogP) is 1.25. The van der Waals surface area contributed by atoms with Crippen molar-refractivity contribution in [1.82, 2.24) is 25.0 Å². The lowest BCUT2D eigenvalue weighted by atomic mass is 10.1. The highest BCUT2D eigenvalue weighted by Crippen LogP contribution is 2.21. The van der Waals surface area contributed by atoms with E-state index in [0.29, 0.717) is 6.54 Å². The minimum atomic E-state index is -0.472. The molecule has 0 amide bonds. The second-order valence-corrected chi connectivity index (χ2v) is 5.24. The first-order valence-corrected chi connectivity index (χ1v) is 7.26. The maximum atomic E-state index is 10.7. The van der Waals surface area contributed by atoms with E-state index in [0.717, 1.165) is 26.2 Å². The minimum Gasteiger partial charge on any atom is -0.358 e. The number of nitrogens with zero attached hydrogens (tertiary/aromatic N) is 5. The zero-order chi connectivity index (χ0) is 15.4. The lowest BCUT2D eigenvalue weighted by Gasteiger charge is -2.36. The van der Waals surface area contributed by atoms with Gasteiger partial charge in [-0.1, -0.05) is 6.07 Å². The minimum absolute atomic E-state index is 0. The molecule has 8 nitrogen and oxygen atoms in total. The van der Waals surface area contributed by atoms with E-state index in [4.69, 9.17) is 0 Å². The topological polar surface area (TPSA) is 89.1 Å². The molecule has 1 atom stereocenters. The van der Waals surface area contributed by atoms with Crippen LogP contribution in [0.3, 0.4) is 0 Å². The smallest absolute Gasteiger partial charge is 0.358 e. The molecule has 0 aliphatic carbocycles. The highest BCUT2D eigenvalue weighted by atomic mass is 35.5. The fourth-order valence-electron chi connectivity index (χ4n) is 2.72. The summed E-state index contributed by atoms with van der Waals surface area (Å²) in [5.41, 5.74) is 1.18. The van der Waals surface area contributed by atoms with Crippen molar-refractivity contribution < 1.29 is 4.92 Å². The van der Waals surface area contributed by atoms with Crippen LogP contribution in [0, 0.1) is 10.1 Å². The van der Waals surface area contributed by atoms with Gasteiger partial charge in [-0.2, -0.15) is 4.68 Å². The average molecular weight is 339 g/mol. The molecule has 124 valence electrons. The Morgan fingerprint density at radius 2 is 2.26 bits per heavy atom. The van der Waals surface area contributed by atoms with E-state index in [2.05, 4.69) is 26.4 Å². The molecule has 3 rings (SSSR count). The van der Waals surface area contributed by atoms with Crippen molar-refractivity contribution in [3.8, 4) is 0 Å². The van der Waals surface area contributed by atoms with Crippen LogP contribution < -0.4 is 5.32 Å². The standard InChI is InChI=1S/C14H18N6O2.ClH/c21-20(22)14-3-6-19(17-14)9-8-18-7-5-16-11-13(18)12-2-1-4-15-10-12;/h1-4,6,10,13,16H,5,7-9,11H2;1H. The highest BCUT2D eigenvalue weighted by molar-refractivity contribution is 5.85. The van der Waals surface area contributed by atoms with Crippen LogP contribution in [0.2, 0.25) is 0 Å². The first-order valence-electron chi connectivity index (χ1n) is 7.26. The molecule has 1 N–H and O–H groups in total. The summed E-state index contributed by atoms with van der Waals surface area (Å²) in [7, 11) is 0. The number of hydrogen-bond acceptors (Lipinski definition) is 6. The zero-order valence-corrected chi connectivity index (χ0v) is 13.4. The second-order valence-electron chi connectivity index (χ2n) is 5.24. The third kappa shape index (κ3) is 4.25. The monoisotopic (exact) mass is 338 g/mol. The Morgan fingerprint density at radius 1 is 1.39 bits per heavy atom. The molecule has 23 heavy (non-hydrogen) atoms. The summed E-state index contributed by atoms with van der Waals surface area (Å²) in [5.74, 6) is -0.107. The Morgan fingerprint density at radius 3 is 2.96 bits per heavy atom. The summed E-state index contributed by atoms with van der Waals surface area (Å²) in [6.07, 6.45) is 5.32. The van der Waals surface area contributed by atoms with Crippen LogP contribution in [0.4, 0.5) is 5.82 Å². The fraction of sp³-hybridized carbons (Fsp3) is 0.429. The van der Waals surface area contributed by atoms with Gasteiger partial charge in [0.15, 0.2) is 0 Å². The number of halogens is 1. The molecule has 2 aromatic heterocycles. The van der Waals surface area contributed by atoms with Crippen molar-refractivity contribution >= 4 is 18.2 Å². The number of pyridine rings is 1. The molecule has 0 radical (unpaired) electrons. The Kier molecular flexibility index (Phi) is 6.03. The zero-order valence-electron chi connectivity index (χ0n) is 12.5. The van der Waals surface area contributed by atoms with Gasteiger partial charge in [-0.25, -0.2) is 0 Å². The van der Waals surface area contributed by atoms with Crippen LogP contribution >= 0.6 is 12.4 Å². The van der Waals surface area contributed by atoms with Crippen molar-refractivity contribution in [2.45, 2.75) is 12.6 Å². The Bertz CT molecular complexity index is 635. The number of rotatable bonds is 5. The Balaban J connectivity index is 0.00000192. The first-order chi connectivity index (χ1) is 10.7. The number of piperazine rings is 1. The summed E-state index contributed by atoms with van der Waals surface area (Å²) in [6, 6.07) is 5.72. The highest BCUT2D eigenvalue weighted by Gasteiger charge is 2.24. The molecule has 0 aromatic carbocycles. The predicted molar refractivity (Wildman–Crippen MR) is 87.6 cm³/mol. The van der Waals surface area contributed by atoms with E-state index in [-0.39, 0.29) is 24.3 Å². The molecule has 1 aliphatic heterocycles. The lowest BCUT2D eigenvalue weighted by Crippen LogP contribution is -2.47. The quantitative estimate of drug-likeness (QED) is 0.652. The Labute approximate surface area is 140 Å². The van der Waals surface area contributed by atoms with Crippen LogP contribution in [0.1, 0.15) is 11.6 Å². The van der Waals surface area contributed by atoms with Gasteiger partial charge in [0.1, 0.15) is 0 Å². The van der Waals surface area contributed by atoms with Gasteiger partial charge in [-0.05, 0) is 16.6 Å². The van der Waals surface area contributed by atoms with Crippen LogP contribution in [0.25, 0.3) is 0 Å². The number of aromatic nitrogens is 3. The molecule has 0 saturated carbocycles. The molecule has 1 fully saturated rings. The van der Waals surface area contributed by atoms with Crippen molar-refractivity contribution in [3.05, 3.63) is 52.5 Å². The fourth-order valence-corrected chi connectivity index (χ4v) is 2.72. The maximum Gasteiger partial charge on any atom is 0.389 e. The van der Waals surface area contributed by atoms with Crippen molar-refractivity contribution in [1.29, 1.82) is 0 Å². The molecule has 1 unspecified atom stereocenters. The third-order valence-electron chi connectivity index (χ3n) is 3.85. The summed E-state index contributed by atoms with van der Waals surface area (Å²) < 4.78 is 1.63. The second kappa shape index (κ2) is 8.00. The van der Waals surface area contributed by atoms with Crippen LogP contribution in [0.5, 0.6) is 0 Å². The summed E-state index contributed by atoms with van der Waals surface area (Å²) in [5, 5.41) is 18.0. The van der Waals surface area contributed by atoms with Gasteiger partial charge in [-0.3, -0.25) is 9.88 Å². The largest absolute Gasteiger partial charge is 0.389 e. The van der Waals surface area contributed by atoms with Gasteiger partial charge in [0.25, 0.3) is 0 Å². The molecule has 0 spiro atoms. The Hall–Kier alpha value is -2.03. The van der Waals surface area contributed by atoms with Crippen LogP contribution in [-0.4, -0.2) is 50.8 Å². The molecular weight excluding hydrogens is 320 g/mol.